The first kappa shape index (κ1) is 11.6. The molecule has 0 saturated heterocycles. The maximum Gasteiger partial charge on any atom is 0.165 e. The van der Waals surface area contributed by atoms with E-state index in [0.717, 1.165) is 0 Å². The van der Waals surface area contributed by atoms with Crippen molar-refractivity contribution in [1.82, 2.24) is 4.98 Å². The fourth-order valence-electron chi connectivity index (χ4n) is 1.36. The van der Waals surface area contributed by atoms with Gasteiger partial charge in [-0.25, -0.2) is 9.37 Å². The van der Waals surface area contributed by atoms with Gasteiger partial charge in [0, 0.05) is 10.9 Å². The summed E-state index contributed by atoms with van der Waals surface area (Å²) >= 11 is 1.31. The molecule has 0 radical (unpaired) electrons. The quantitative estimate of drug-likeness (QED) is 0.837. The van der Waals surface area contributed by atoms with Crippen LogP contribution in [0.1, 0.15) is 12.6 Å². The molecule has 0 saturated carbocycles. The van der Waals surface area contributed by atoms with Crippen LogP contribution in [0.2, 0.25) is 0 Å². The molecule has 0 bridgehead atoms. The molecule has 0 aliphatic heterocycles. The topological polar surface area (TPSA) is 45.9 Å². The van der Waals surface area contributed by atoms with E-state index in [2.05, 4.69) is 4.98 Å². The highest BCUT2D eigenvalue weighted by Gasteiger charge is 2.08. The number of halogens is 1. The Labute approximate surface area is 102 Å². The average molecular weight is 248 g/mol. The van der Waals surface area contributed by atoms with E-state index in [1.54, 1.807) is 24.4 Å². The molecular weight excluding hydrogens is 239 g/mol. The fourth-order valence-corrected chi connectivity index (χ4v) is 2.11. The summed E-state index contributed by atoms with van der Waals surface area (Å²) in [7, 11) is 0. The van der Waals surface area contributed by atoms with E-state index in [1.807, 2.05) is 6.07 Å². The van der Waals surface area contributed by atoms with Gasteiger partial charge in [0.1, 0.15) is 11.1 Å². The van der Waals surface area contributed by atoms with Crippen LogP contribution in [0.4, 0.5) is 4.39 Å². The van der Waals surface area contributed by atoms with Gasteiger partial charge < -0.3 is 4.74 Å². The zero-order valence-electron chi connectivity index (χ0n) is 9.11. The molecule has 0 spiro atoms. The van der Waals surface area contributed by atoms with Gasteiger partial charge in [0.2, 0.25) is 0 Å². The van der Waals surface area contributed by atoms with E-state index >= 15 is 0 Å². The number of nitriles is 1. The monoisotopic (exact) mass is 248 g/mol. The van der Waals surface area contributed by atoms with Crippen molar-refractivity contribution in [2.75, 3.05) is 6.61 Å². The van der Waals surface area contributed by atoms with Crippen molar-refractivity contribution in [1.29, 1.82) is 5.26 Å². The lowest BCUT2D eigenvalue weighted by Crippen LogP contribution is -1.94. The summed E-state index contributed by atoms with van der Waals surface area (Å²) in [5, 5.41) is 10.9. The normalized spacial score (nSPS) is 9.94. The molecular formula is C12H9FN2OS. The Kier molecular flexibility index (Phi) is 3.35. The number of ether oxygens (including phenoxy) is 1. The number of hydrogen-bond donors (Lipinski definition) is 0. The van der Waals surface area contributed by atoms with Crippen molar-refractivity contribution in [3.8, 4) is 22.4 Å². The molecule has 86 valence electrons. The molecule has 17 heavy (non-hydrogen) atoms. The van der Waals surface area contributed by atoms with Crippen molar-refractivity contribution in [3.05, 3.63) is 35.1 Å². The van der Waals surface area contributed by atoms with Crippen LogP contribution in [0, 0.1) is 17.1 Å². The summed E-state index contributed by atoms with van der Waals surface area (Å²) in [4.78, 5) is 4.07. The highest BCUT2D eigenvalue weighted by Crippen LogP contribution is 2.27. The molecule has 0 amide bonds. The van der Waals surface area contributed by atoms with Crippen molar-refractivity contribution in [3.63, 3.8) is 0 Å². The lowest BCUT2D eigenvalue weighted by Gasteiger charge is -2.05. The van der Waals surface area contributed by atoms with E-state index < -0.39 is 5.82 Å². The molecule has 3 nitrogen and oxygen atoms in total. The predicted octanol–water partition coefficient (Wildman–Crippen LogP) is 3.22. The lowest BCUT2D eigenvalue weighted by atomic mass is 10.2. The third kappa shape index (κ3) is 2.43. The van der Waals surface area contributed by atoms with Crippen molar-refractivity contribution >= 4 is 11.3 Å². The third-order valence-electron chi connectivity index (χ3n) is 2.10. The maximum atomic E-state index is 13.6. The molecule has 0 atom stereocenters. The number of benzene rings is 1. The summed E-state index contributed by atoms with van der Waals surface area (Å²) in [5.41, 5.74) is 0.997. The molecule has 5 heteroatoms. The molecule has 0 N–H and O–H groups in total. The Morgan fingerprint density at radius 1 is 1.53 bits per heavy atom. The molecule has 1 aromatic heterocycles. The molecule has 1 heterocycles. The molecule has 0 aliphatic rings. The van der Waals surface area contributed by atoms with E-state index in [4.69, 9.17) is 10.00 Å². The molecule has 2 rings (SSSR count). The Bertz CT molecular complexity index is 574. The smallest absolute Gasteiger partial charge is 0.165 e. The van der Waals surface area contributed by atoms with Crippen LogP contribution < -0.4 is 4.74 Å². The highest BCUT2D eigenvalue weighted by atomic mass is 32.1. The third-order valence-corrected chi connectivity index (χ3v) is 2.99. The molecule has 1 aromatic carbocycles. The SMILES string of the molecule is CCOc1ccc(-c2nc(C#N)cs2)cc1F. The first-order valence-corrected chi connectivity index (χ1v) is 5.91. The molecule has 0 aliphatic carbocycles. The van der Waals surface area contributed by atoms with E-state index in [-0.39, 0.29) is 5.75 Å². The van der Waals surface area contributed by atoms with Crippen LogP contribution in [0.25, 0.3) is 10.6 Å². The second-order valence-corrected chi connectivity index (χ2v) is 4.09. The van der Waals surface area contributed by atoms with Crippen LogP contribution in [0.5, 0.6) is 5.75 Å². The Morgan fingerprint density at radius 2 is 2.35 bits per heavy atom. The summed E-state index contributed by atoms with van der Waals surface area (Å²) in [6.45, 7) is 2.22. The van der Waals surface area contributed by atoms with Gasteiger partial charge in [-0.2, -0.15) is 5.26 Å². The van der Waals surface area contributed by atoms with Crippen molar-refractivity contribution in [2.45, 2.75) is 6.92 Å². The predicted molar refractivity (Wildman–Crippen MR) is 63.4 cm³/mol. The van der Waals surface area contributed by atoms with Gasteiger partial charge in [-0.05, 0) is 25.1 Å². The van der Waals surface area contributed by atoms with Gasteiger partial charge in [0.25, 0.3) is 0 Å². The largest absolute Gasteiger partial charge is 0.491 e. The van der Waals surface area contributed by atoms with Crippen LogP contribution in [0.3, 0.4) is 0 Å². The second-order valence-electron chi connectivity index (χ2n) is 3.23. The number of hydrogen-bond acceptors (Lipinski definition) is 4. The van der Waals surface area contributed by atoms with Gasteiger partial charge in [-0.15, -0.1) is 11.3 Å². The minimum Gasteiger partial charge on any atom is -0.491 e. The second kappa shape index (κ2) is 4.93. The van der Waals surface area contributed by atoms with E-state index in [9.17, 15) is 4.39 Å². The van der Waals surface area contributed by atoms with Crippen LogP contribution >= 0.6 is 11.3 Å². The summed E-state index contributed by atoms with van der Waals surface area (Å²) in [6.07, 6.45) is 0. The Balaban J connectivity index is 2.34. The number of aromatic nitrogens is 1. The minimum absolute atomic E-state index is 0.230. The first-order valence-electron chi connectivity index (χ1n) is 5.03. The zero-order valence-corrected chi connectivity index (χ0v) is 9.92. The van der Waals surface area contributed by atoms with Crippen LogP contribution in [-0.4, -0.2) is 11.6 Å². The van der Waals surface area contributed by atoms with Crippen LogP contribution in [-0.2, 0) is 0 Å². The van der Waals surface area contributed by atoms with Crippen molar-refractivity contribution < 1.29 is 9.13 Å². The fraction of sp³-hybridized carbons (Fsp3) is 0.167. The molecule has 0 unspecified atom stereocenters. The first-order chi connectivity index (χ1) is 8.24. The lowest BCUT2D eigenvalue weighted by molar-refractivity contribution is 0.321. The maximum absolute atomic E-state index is 13.6. The molecule has 2 aromatic rings. The van der Waals surface area contributed by atoms with Gasteiger partial charge in [-0.3, -0.25) is 0 Å². The molecule has 0 fully saturated rings. The number of nitrogens with zero attached hydrogens (tertiary/aromatic N) is 2. The number of rotatable bonds is 3. The average Bonchev–Trinajstić information content (AvgIpc) is 2.80. The van der Waals surface area contributed by atoms with E-state index in [0.29, 0.717) is 22.9 Å². The Hall–Kier alpha value is -1.93. The minimum atomic E-state index is -0.418. The van der Waals surface area contributed by atoms with E-state index in [1.165, 1.54) is 17.4 Å². The zero-order chi connectivity index (χ0) is 12.3. The van der Waals surface area contributed by atoms with Crippen molar-refractivity contribution in [2.24, 2.45) is 0 Å². The van der Waals surface area contributed by atoms with Gasteiger partial charge in [-0.1, -0.05) is 0 Å². The highest BCUT2D eigenvalue weighted by molar-refractivity contribution is 7.13. The van der Waals surface area contributed by atoms with Gasteiger partial charge in [0.05, 0.1) is 6.61 Å². The van der Waals surface area contributed by atoms with Gasteiger partial charge in [0.15, 0.2) is 17.3 Å². The Morgan fingerprint density at radius 3 is 2.94 bits per heavy atom. The van der Waals surface area contributed by atoms with Gasteiger partial charge >= 0.3 is 0 Å². The summed E-state index contributed by atoms with van der Waals surface area (Å²) < 4.78 is 18.7. The van der Waals surface area contributed by atoms with Crippen LogP contribution in [0.15, 0.2) is 23.6 Å². The number of thiazole rings is 1. The summed E-state index contributed by atoms with van der Waals surface area (Å²) in [5.74, 6) is -0.189. The standard InChI is InChI=1S/C12H9FN2OS/c1-2-16-11-4-3-8(5-10(11)13)12-15-9(6-14)7-17-12/h3-5,7H,2H2,1H3. The summed E-state index contributed by atoms with van der Waals surface area (Å²) in [6, 6.07) is 6.61.